The molecule has 0 N–H and O–H groups in total. The van der Waals surface area contributed by atoms with E-state index in [9.17, 15) is 4.79 Å². The third-order valence-corrected chi connectivity index (χ3v) is 5.41. The fraction of sp³-hybridized carbons (Fsp3) is 0.200. The molecule has 4 nitrogen and oxygen atoms in total. The lowest BCUT2D eigenvalue weighted by atomic mass is 9.67. The standard InChI is InChI=1S/C25H24N2O2/c1-29-24(28)27-19-11-18-26-23(27)25(20-12-5-2-6-13-20,21-14-7-3-8-15-21)22-16-9-4-10-17-22/h2-10,12-17H,11,18-19H2,1H3. The van der Waals surface area contributed by atoms with E-state index in [1.165, 1.54) is 7.11 Å². The van der Waals surface area contributed by atoms with Crippen LogP contribution in [-0.4, -0.2) is 37.0 Å². The largest absolute Gasteiger partial charge is 0.452 e. The van der Waals surface area contributed by atoms with Gasteiger partial charge >= 0.3 is 6.09 Å². The van der Waals surface area contributed by atoms with Crippen molar-refractivity contribution in [3.8, 4) is 0 Å². The van der Waals surface area contributed by atoms with Crippen LogP contribution in [0.3, 0.4) is 0 Å². The Morgan fingerprint density at radius 2 is 1.28 bits per heavy atom. The minimum Gasteiger partial charge on any atom is -0.452 e. The maximum Gasteiger partial charge on any atom is 0.414 e. The summed E-state index contributed by atoms with van der Waals surface area (Å²) in [5, 5.41) is 0. The molecule has 0 radical (unpaired) electrons. The number of hydrogen-bond acceptors (Lipinski definition) is 3. The summed E-state index contributed by atoms with van der Waals surface area (Å²) in [5.41, 5.74) is 2.46. The van der Waals surface area contributed by atoms with Crippen molar-refractivity contribution in [3.05, 3.63) is 108 Å². The van der Waals surface area contributed by atoms with Gasteiger partial charge in [-0.05, 0) is 23.1 Å². The Balaban J connectivity index is 2.08. The summed E-state index contributed by atoms with van der Waals surface area (Å²) >= 11 is 0. The average Bonchev–Trinajstić information content (AvgIpc) is 2.82. The number of amidine groups is 1. The second kappa shape index (κ2) is 8.31. The molecular formula is C25H24N2O2. The molecule has 146 valence electrons. The molecule has 0 saturated heterocycles. The fourth-order valence-electron chi connectivity index (χ4n) is 4.17. The van der Waals surface area contributed by atoms with Gasteiger partial charge in [0.25, 0.3) is 0 Å². The van der Waals surface area contributed by atoms with Gasteiger partial charge in [-0.1, -0.05) is 91.0 Å². The summed E-state index contributed by atoms with van der Waals surface area (Å²) in [6.07, 6.45) is 0.433. The lowest BCUT2D eigenvalue weighted by Gasteiger charge is -2.42. The van der Waals surface area contributed by atoms with Gasteiger partial charge in [-0.2, -0.15) is 0 Å². The maximum atomic E-state index is 12.7. The van der Waals surface area contributed by atoms with Crippen LogP contribution in [0.25, 0.3) is 0 Å². The van der Waals surface area contributed by atoms with E-state index in [2.05, 4.69) is 36.4 Å². The maximum absolute atomic E-state index is 12.7. The molecule has 0 atom stereocenters. The molecule has 0 bridgehead atoms. The third-order valence-electron chi connectivity index (χ3n) is 5.41. The number of hydrogen-bond donors (Lipinski definition) is 0. The molecule has 0 saturated carbocycles. The zero-order valence-corrected chi connectivity index (χ0v) is 16.5. The molecule has 3 aromatic rings. The van der Waals surface area contributed by atoms with Crippen LogP contribution in [0.1, 0.15) is 23.1 Å². The topological polar surface area (TPSA) is 41.9 Å². The first-order valence-corrected chi connectivity index (χ1v) is 9.85. The number of carbonyl (C=O) groups is 1. The Morgan fingerprint density at radius 3 is 1.69 bits per heavy atom. The Morgan fingerprint density at radius 1 is 0.828 bits per heavy atom. The van der Waals surface area contributed by atoms with E-state index in [1.807, 2.05) is 54.6 Å². The van der Waals surface area contributed by atoms with E-state index in [4.69, 9.17) is 9.73 Å². The first-order valence-electron chi connectivity index (χ1n) is 9.85. The average molecular weight is 384 g/mol. The van der Waals surface area contributed by atoms with Gasteiger partial charge in [0.2, 0.25) is 0 Å². The van der Waals surface area contributed by atoms with Gasteiger partial charge in [0.15, 0.2) is 0 Å². The smallest absolute Gasteiger partial charge is 0.414 e. The second-order valence-electron chi connectivity index (χ2n) is 7.03. The summed E-state index contributed by atoms with van der Waals surface area (Å²) in [6, 6.07) is 30.8. The highest BCUT2D eigenvalue weighted by Gasteiger charge is 2.46. The minimum absolute atomic E-state index is 0.379. The van der Waals surface area contributed by atoms with Crippen LogP contribution in [0.2, 0.25) is 0 Å². The second-order valence-corrected chi connectivity index (χ2v) is 7.03. The Labute approximate surface area is 171 Å². The summed E-state index contributed by atoms with van der Waals surface area (Å²) in [7, 11) is 1.42. The molecule has 0 aliphatic carbocycles. The van der Waals surface area contributed by atoms with Crippen LogP contribution in [0.5, 0.6) is 0 Å². The van der Waals surface area contributed by atoms with Crippen molar-refractivity contribution < 1.29 is 9.53 Å². The fourth-order valence-corrected chi connectivity index (χ4v) is 4.17. The molecular weight excluding hydrogens is 360 g/mol. The molecule has 4 heteroatoms. The van der Waals surface area contributed by atoms with Crippen molar-refractivity contribution in [3.63, 3.8) is 0 Å². The van der Waals surface area contributed by atoms with Gasteiger partial charge in [0.1, 0.15) is 11.3 Å². The zero-order chi connectivity index (χ0) is 20.1. The highest BCUT2D eigenvalue weighted by atomic mass is 16.5. The number of aliphatic imine (C=N–C) groups is 1. The predicted molar refractivity (Wildman–Crippen MR) is 115 cm³/mol. The minimum atomic E-state index is -0.724. The molecule has 0 aromatic heterocycles. The zero-order valence-electron chi connectivity index (χ0n) is 16.5. The first-order chi connectivity index (χ1) is 14.3. The molecule has 1 amide bonds. The summed E-state index contributed by atoms with van der Waals surface area (Å²) in [4.78, 5) is 19.4. The van der Waals surface area contributed by atoms with Gasteiger partial charge in [0, 0.05) is 13.1 Å². The molecule has 1 aliphatic heterocycles. The van der Waals surface area contributed by atoms with E-state index < -0.39 is 5.41 Å². The quantitative estimate of drug-likeness (QED) is 0.601. The third kappa shape index (κ3) is 3.31. The highest BCUT2D eigenvalue weighted by Crippen LogP contribution is 2.42. The van der Waals surface area contributed by atoms with Crippen molar-refractivity contribution in [2.45, 2.75) is 11.8 Å². The molecule has 3 aromatic carbocycles. The van der Waals surface area contributed by atoms with Crippen molar-refractivity contribution in [2.24, 2.45) is 4.99 Å². The van der Waals surface area contributed by atoms with E-state index >= 15 is 0 Å². The summed E-state index contributed by atoms with van der Waals surface area (Å²) < 4.78 is 5.13. The van der Waals surface area contributed by atoms with Crippen LogP contribution in [-0.2, 0) is 10.2 Å². The monoisotopic (exact) mass is 384 g/mol. The van der Waals surface area contributed by atoms with Gasteiger partial charge in [-0.3, -0.25) is 9.89 Å². The van der Waals surface area contributed by atoms with Gasteiger partial charge in [-0.25, -0.2) is 4.79 Å². The van der Waals surface area contributed by atoms with Crippen molar-refractivity contribution in [1.82, 2.24) is 4.90 Å². The van der Waals surface area contributed by atoms with Gasteiger partial charge in [-0.15, -0.1) is 0 Å². The highest BCUT2D eigenvalue weighted by molar-refractivity contribution is 6.07. The number of benzene rings is 3. The van der Waals surface area contributed by atoms with E-state index in [-0.39, 0.29) is 6.09 Å². The van der Waals surface area contributed by atoms with Gasteiger partial charge < -0.3 is 4.74 Å². The SMILES string of the molecule is COC(=O)N1CCCN=C1C(c1ccccc1)(c1ccccc1)c1ccccc1. The Kier molecular flexibility index (Phi) is 5.43. The summed E-state index contributed by atoms with van der Waals surface area (Å²) in [6.45, 7) is 1.26. The van der Waals surface area contributed by atoms with Crippen LogP contribution >= 0.6 is 0 Å². The molecule has 29 heavy (non-hydrogen) atoms. The van der Waals surface area contributed by atoms with Gasteiger partial charge in [0.05, 0.1) is 7.11 Å². The van der Waals surface area contributed by atoms with Crippen molar-refractivity contribution in [2.75, 3.05) is 20.2 Å². The number of nitrogens with zero attached hydrogens (tertiary/aromatic N) is 2. The van der Waals surface area contributed by atoms with Crippen molar-refractivity contribution >= 4 is 11.9 Å². The Bertz CT molecular complexity index is 888. The number of carbonyl (C=O) groups excluding carboxylic acids is 1. The van der Waals surface area contributed by atoms with E-state index in [0.717, 1.165) is 23.1 Å². The normalized spacial score (nSPS) is 14.2. The number of rotatable bonds is 4. The first kappa shape index (κ1) is 18.9. The van der Waals surface area contributed by atoms with Crippen LogP contribution < -0.4 is 0 Å². The van der Waals surface area contributed by atoms with E-state index in [0.29, 0.717) is 18.9 Å². The Hall–Kier alpha value is -3.40. The number of ether oxygens (including phenoxy) is 1. The van der Waals surface area contributed by atoms with Crippen LogP contribution in [0, 0.1) is 0 Å². The molecule has 0 fully saturated rings. The van der Waals surface area contributed by atoms with E-state index in [1.54, 1.807) is 4.90 Å². The van der Waals surface area contributed by atoms with Crippen molar-refractivity contribution in [1.29, 1.82) is 0 Å². The molecule has 4 rings (SSSR count). The molecule has 0 spiro atoms. The van der Waals surface area contributed by atoms with Crippen LogP contribution in [0.15, 0.2) is 96.0 Å². The molecule has 1 aliphatic rings. The van der Waals surface area contributed by atoms with Crippen LogP contribution in [0.4, 0.5) is 4.79 Å². The number of amides is 1. The molecule has 1 heterocycles. The number of methoxy groups -OCH3 is 1. The summed E-state index contributed by atoms with van der Waals surface area (Å²) in [5.74, 6) is 0.708. The lowest BCUT2D eigenvalue weighted by Crippen LogP contribution is -2.53. The lowest BCUT2D eigenvalue weighted by molar-refractivity contribution is 0.142. The predicted octanol–water partition coefficient (Wildman–Crippen LogP) is 4.89. The molecule has 0 unspecified atom stereocenters.